The van der Waals surface area contributed by atoms with Crippen LogP contribution in [0, 0.1) is 11.7 Å². The van der Waals surface area contributed by atoms with Gasteiger partial charge in [0.05, 0.1) is 22.2 Å². The zero-order valence-electron chi connectivity index (χ0n) is 20.3. The number of carbonyl (C=O) groups excluding carboxylic acids is 2. The van der Waals surface area contributed by atoms with E-state index in [1.165, 1.54) is 35.9 Å². The molecule has 0 saturated heterocycles. The van der Waals surface area contributed by atoms with Gasteiger partial charge >= 0.3 is 0 Å². The lowest BCUT2D eigenvalue weighted by molar-refractivity contribution is -0.122. The number of hydrogen-bond acceptors (Lipinski definition) is 8. The fourth-order valence-corrected chi connectivity index (χ4v) is 5.23. The largest absolute Gasteiger partial charge is 0.457 e. The third kappa shape index (κ3) is 5.42. The fourth-order valence-electron chi connectivity index (χ4n) is 4.13. The minimum Gasteiger partial charge on any atom is -0.457 e. The lowest BCUT2D eigenvalue weighted by Crippen LogP contribution is -2.55. The van der Waals surface area contributed by atoms with Crippen LogP contribution in [0.25, 0.3) is 10.2 Å². The summed E-state index contributed by atoms with van der Waals surface area (Å²) >= 11 is 7.65. The van der Waals surface area contributed by atoms with E-state index >= 15 is 0 Å². The van der Waals surface area contributed by atoms with E-state index < -0.39 is 17.4 Å². The average molecular weight is 565 g/mol. The number of benzene rings is 3. The Morgan fingerprint density at radius 1 is 1.10 bits per heavy atom. The van der Waals surface area contributed by atoms with Crippen LogP contribution in [-0.4, -0.2) is 28.8 Å². The molecule has 6 rings (SSSR count). The van der Waals surface area contributed by atoms with Crippen LogP contribution in [0.1, 0.15) is 18.4 Å². The highest BCUT2D eigenvalue weighted by Crippen LogP contribution is 2.35. The van der Waals surface area contributed by atoms with Crippen molar-refractivity contribution in [1.29, 1.82) is 0 Å². The zero-order chi connectivity index (χ0) is 27.0. The zero-order valence-corrected chi connectivity index (χ0v) is 21.9. The number of ether oxygens (including phenoxy) is 1. The monoisotopic (exact) mass is 564 g/mol. The predicted molar refractivity (Wildman–Crippen MR) is 149 cm³/mol. The highest BCUT2D eigenvalue weighted by molar-refractivity contribution is 7.22. The number of thiazole rings is 1. The molecule has 0 bridgehead atoms. The van der Waals surface area contributed by atoms with Gasteiger partial charge in [-0.15, -0.1) is 0 Å². The van der Waals surface area contributed by atoms with Gasteiger partial charge in [-0.3, -0.25) is 9.59 Å². The van der Waals surface area contributed by atoms with Gasteiger partial charge in [0.2, 0.25) is 11.6 Å². The van der Waals surface area contributed by atoms with Crippen LogP contribution >= 0.6 is 22.9 Å². The number of fused-ring (bicyclic) bond motifs is 1. The quantitative estimate of drug-likeness (QED) is 0.232. The summed E-state index contributed by atoms with van der Waals surface area (Å²) in [7, 11) is 0. The molecule has 2 amide bonds. The van der Waals surface area contributed by atoms with E-state index in [0.29, 0.717) is 27.2 Å². The first-order valence-corrected chi connectivity index (χ1v) is 13.4. The minimum absolute atomic E-state index is 0.00524. The summed E-state index contributed by atoms with van der Waals surface area (Å²) in [6.45, 7) is 0. The van der Waals surface area contributed by atoms with E-state index in [4.69, 9.17) is 16.3 Å². The minimum atomic E-state index is -1.43. The number of nitrogens with one attached hydrogen (secondary N) is 4. The van der Waals surface area contributed by atoms with E-state index in [0.717, 1.165) is 23.1 Å². The predicted octanol–water partition coefficient (Wildman–Crippen LogP) is 5.24. The molecule has 1 fully saturated rings. The summed E-state index contributed by atoms with van der Waals surface area (Å²) in [6.07, 6.45) is 3.33. The molecule has 12 heteroatoms. The van der Waals surface area contributed by atoms with Crippen LogP contribution in [0.2, 0.25) is 5.02 Å². The SMILES string of the molecule is O=C(Nc1nc2ccc(Oc3ccc(F)c(NC(=O)C4(Cc5ccccc5Cl)N=CNN4)c3)cc2s1)C1CC1. The van der Waals surface area contributed by atoms with Gasteiger partial charge in [-0.2, -0.15) is 0 Å². The molecule has 9 nitrogen and oxygen atoms in total. The Morgan fingerprint density at radius 3 is 2.67 bits per heavy atom. The fraction of sp³-hybridized carbons (Fsp3) is 0.185. The molecule has 2 heterocycles. The van der Waals surface area contributed by atoms with Crippen molar-refractivity contribution in [2.45, 2.75) is 24.9 Å². The van der Waals surface area contributed by atoms with Gasteiger partial charge < -0.3 is 20.8 Å². The van der Waals surface area contributed by atoms with Crippen molar-refractivity contribution in [1.82, 2.24) is 15.8 Å². The highest BCUT2D eigenvalue weighted by Gasteiger charge is 2.41. The Morgan fingerprint density at radius 2 is 1.90 bits per heavy atom. The van der Waals surface area contributed by atoms with E-state index in [2.05, 4.69) is 31.5 Å². The summed E-state index contributed by atoms with van der Waals surface area (Å²) in [4.78, 5) is 34.1. The van der Waals surface area contributed by atoms with E-state index in [1.807, 2.05) is 6.07 Å². The second kappa shape index (κ2) is 10.3. The van der Waals surface area contributed by atoms with Crippen molar-refractivity contribution in [3.63, 3.8) is 0 Å². The Labute approximate surface area is 231 Å². The van der Waals surface area contributed by atoms with Crippen molar-refractivity contribution >= 4 is 62.1 Å². The van der Waals surface area contributed by atoms with Crippen LogP contribution in [0.5, 0.6) is 11.5 Å². The summed E-state index contributed by atoms with van der Waals surface area (Å²) in [5.41, 5.74) is 5.51. The molecular weight excluding hydrogens is 543 g/mol. The van der Waals surface area contributed by atoms with Crippen molar-refractivity contribution in [2.75, 3.05) is 10.6 Å². The number of hydrazine groups is 1. The molecule has 1 atom stereocenters. The number of halogens is 2. The molecule has 4 aromatic rings. The van der Waals surface area contributed by atoms with Crippen LogP contribution in [0.15, 0.2) is 65.7 Å². The molecule has 1 saturated carbocycles. The first-order valence-electron chi connectivity index (χ1n) is 12.2. The lowest BCUT2D eigenvalue weighted by atomic mass is 9.99. The maximum absolute atomic E-state index is 14.7. The van der Waals surface area contributed by atoms with Gasteiger partial charge in [-0.1, -0.05) is 41.1 Å². The van der Waals surface area contributed by atoms with Gasteiger partial charge in [0.25, 0.3) is 5.91 Å². The van der Waals surface area contributed by atoms with Crippen LogP contribution in [0.3, 0.4) is 0 Å². The van der Waals surface area contributed by atoms with Crippen LogP contribution in [-0.2, 0) is 16.0 Å². The number of carbonyl (C=O) groups is 2. The summed E-state index contributed by atoms with van der Waals surface area (Å²) < 4.78 is 21.5. The number of rotatable bonds is 8. The Bertz CT molecular complexity index is 1620. The molecule has 1 aromatic heterocycles. The molecule has 3 aromatic carbocycles. The lowest BCUT2D eigenvalue weighted by Gasteiger charge is -2.25. The maximum Gasteiger partial charge on any atom is 0.269 e. The second-order valence-corrected chi connectivity index (χ2v) is 10.7. The van der Waals surface area contributed by atoms with Crippen molar-refractivity contribution in [3.05, 3.63) is 77.1 Å². The third-order valence-corrected chi connectivity index (χ3v) is 7.67. The Balaban J connectivity index is 1.19. The molecule has 1 aliphatic carbocycles. The molecular formula is C27H22ClFN6O3S. The number of anilines is 2. The van der Waals surface area contributed by atoms with Gasteiger partial charge in [-0.25, -0.2) is 19.8 Å². The standard InChI is InChI=1S/C27H22ClFN6O3S/c28-19-4-2-1-3-16(19)13-27(30-14-31-35-27)25(37)32-22-11-17(7-9-20(22)29)38-18-8-10-21-23(12-18)39-26(33-21)34-24(36)15-5-6-15/h1-4,7-12,14-15,35H,5-6,13H2,(H,30,31)(H,32,37)(H,33,34,36). The number of nitrogens with zero attached hydrogens (tertiary/aromatic N) is 2. The van der Waals surface area contributed by atoms with Gasteiger partial charge in [-0.05, 0) is 48.7 Å². The van der Waals surface area contributed by atoms with E-state index in [1.54, 1.807) is 36.4 Å². The highest BCUT2D eigenvalue weighted by atomic mass is 35.5. The summed E-state index contributed by atoms with van der Waals surface area (Å²) in [5.74, 6) is -0.313. The van der Waals surface area contributed by atoms with E-state index in [-0.39, 0.29) is 23.9 Å². The smallest absolute Gasteiger partial charge is 0.269 e. The van der Waals surface area contributed by atoms with E-state index in [9.17, 15) is 14.0 Å². The number of aromatic nitrogens is 1. The van der Waals surface area contributed by atoms with Gasteiger partial charge in [0.1, 0.15) is 17.3 Å². The topological polar surface area (TPSA) is 117 Å². The molecule has 1 aliphatic heterocycles. The molecule has 1 unspecified atom stereocenters. The molecule has 198 valence electrons. The summed E-state index contributed by atoms with van der Waals surface area (Å²) in [6, 6.07) is 16.5. The third-order valence-electron chi connectivity index (χ3n) is 6.37. The maximum atomic E-state index is 14.7. The number of aliphatic imine (C=N–C) groups is 1. The summed E-state index contributed by atoms with van der Waals surface area (Å²) in [5, 5.41) is 6.51. The van der Waals surface area contributed by atoms with Gasteiger partial charge in [0, 0.05) is 29.5 Å². The molecule has 0 spiro atoms. The second-order valence-electron chi connectivity index (χ2n) is 9.27. The first-order chi connectivity index (χ1) is 18.9. The number of hydrogen-bond donors (Lipinski definition) is 4. The van der Waals surface area contributed by atoms with Crippen LogP contribution in [0.4, 0.5) is 15.2 Å². The van der Waals surface area contributed by atoms with Crippen LogP contribution < -0.4 is 26.2 Å². The van der Waals surface area contributed by atoms with Gasteiger partial charge in [0.15, 0.2) is 5.13 Å². The van der Waals surface area contributed by atoms with Crippen molar-refractivity contribution in [2.24, 2.45) is 10.9 Å². The first kappa shape index (κ1) is 25.2. The average Bonchev–Trinajstić information content (AvgIpc) is 3.54. The van der Waals surface area contributed by atoms with Crippen molar-refractivity contribution < 1.29 is 18.7 Å². The normalized spacial score (nSPS) is 18.1. The molecule has 4 N–H and O–H groups in total. The van der Waals surface area contributed by atoms with Crippen molar-refractivity contribution in [3.8, 4) is 11.5 Å². The number of amides is 2. The molecule has 0 radical (unpaired) electrons. The Hall–Kier alpha value is -4.06. The Kier molecular flexibility index (Phi) is 6.63. The molecule has 2 aliphatic rings. The molecule has 39 heavy (non-hydrogen) atoms.